The van der Waals surface area contributed by atoms with Gasteiger partial charge in [0.25, 0.3) is 0 Å². The second-order valence-corrected chi connectivity index (χ2v) is 5.92. The van der Waals surface area contributed by atoms with E-state index in [0.29, 0.717) is 0 Å². The van der Waals surface area contributed by atoms with Gasteiger partial charge in [0.1, 0.15) is 0 Å². The number of nitrogens with one attached hydrogen (secondary N) is 1. The van der Waals surface area contributed by atoms with Crippen LogP contribution in [0.1, 0.15) is 9.88 Å². The number of aryl methyl sites for hydroxylation is 1. The minimum absolute atomic E-state index is 0.795. The lowest BCUT2D eigenvalue weighted by atomic mass is 10.3. The van der Waals surface area contributed by atoms with Crippen molar-refractivity contribution in [3.8, 4) is 0 Å². The SMILES string of the molecule is Cc1ncc(CNc2ccc(N)cc2I)s1. The van der Waals surface area contributed by atoms with Gasteiger partial charge in [0, 0.05) is 26.0 Å². The van der Waals surface area contributed by atoms with Crippen molar-refractivity contribution >= 4 is 45.3 Å². The molecule has 5 heteroatoms. The Morgan fingerprint density at radius 1 is 1.50 bits per heavy atom. The highest BCUT2D eigenvalue weighted by molar-refractivity contribution is 14.1. The Labute approximate surface area is 112 Å². The lowest BCUT2D eigenvalue weighted by Gasteiger charge is -2.07. The van der Waals surface area contributed by atoms with Gasteiger partial charge in [-0.3, -0.25) is 0 Å². The van der Waals surface area contributed by atoms with Gasteiger partial charge in [-0.05, 0) is 47.7 Å². The number of hydrogen-bond donors (Lipinski definition) is 2. The molecule has 84 valence electrons. The van der Waals surface area contributed by atoms with Gasteiger partial charge in [-0.2, -0.15) is 0 Å². The maximum Gasteiger partial charge on any atom is 0.0897 e. The molecule has 0 aliphatic rings. The minimum Gasteiger partial charge on any atom is -0.399 e. The number of thiazole rings is 1. The van der Waals surface area contributed by atoms with Gasteiger partial charge in [0.15, 0.2) is 0 Å². The summed E-state index contributed by atoms with van der Waals surface area (Å²) < 4.78 is 1.14. The van der Waals surface area contributed by atoms with Gasteiger partial charge < -0.3 is 11.1 Å². The average Bonchev–Trinajstić information content (AvgIpc) is 2.63. The van der Waals surface area contributed by atoms with Crippen LogP contribution in [0.25, 0.3) is 0 Å². The fourth-order valence-electron chi connectivity index (χ4n) is 1.34. The number of aromatic nitrogens is 1. The van der Waals surface area contributed by atoms with Crippen molar-refractivity contribution in [2.24, 2.45) is 0 Å². The Morgan fingerprint density at radius 2 is 2.31 bits per heavy atom. The molecule has 0 aliphatic heterocycles. The van der Waals surface area contributed by atoms with E-state index in [1.807, 2.05) is 31.3 Å². The van der Waals surface area contributed by atoms with Crippen LogP contribution in [-0.4, -0.2) is 4.98 Å². The highest BCUT2D eigenvalue weighted by Crippen LogP contribution is 2.22. The van der Waals surface area contributed by atoms with Crippen molar-refractivity contribution in [3.05, 3.63) is 37.9 Å². The van der Waals surface area contributed by atoms with E-state index in [1.54, 1.807) is 11.3 Å². The molecule has 0 atom stereocenters. The maximum atomic E-state index is 5.70. The number of anilines is 2. The van der Waals surface area contributed by atoms with Gasteiger partial charge in [-0.15, -0.1) is 11.3 Å². The Kier molecular flexibility index (Phi) is 3.65. The van der Waals surface area contributed by atoms with E-state index in [9.17, 15) is 0 Å². The standard InChI is InChI=1S/C11H12IN3S/c1-7-14-5-9(16-7)6-15-11-3-2-8(13)4-10(11)12/h2-5,15H,6,13H2,1H3. The molecular weight excluding hydrogens is 333 g/mol. The zero-order chi connectivity index (χ0) is 11.5. The lowest BCUT2D eigenvalue weighted by Crippen LogP contribution is -1.99. The van der Waals surface area contributed by atoms with Crippen LogP contribution < -0.4 is 11.1 Å². The summed E-state index contributed by atoms with van der Waals surface area (Å²) in [6, 6.07) is 5.87. The van der Waals surface area contributed by atoms with Crippen LogP contribution in [0.4, 0.5) is 11.4 Å². The molecule has 0 fully saturated rings. The fraction of sp³-hybridized carbons (Fsp3) is 0.182. The molecule has 1 aromatic carbocycles. The van der Waals surface area contributed by atoms with Crippen molar-refractivity contribution in [1.82, 2.24) is 4.98 Å². The van der Waals surface area contributed by atoms with Crippen LogP contribution in [0.15, 0.2) is 24.4 Å². The molecule has 0 unspecified atom stereocenters. The van der Waals surface area contributed by atoms with E-state index in [-0.39, 0.29) is 0 Å². The highest BCUT2D eigenvalue weighted by atomic mass is 127. The van der Waals surface area contributed by atoms with Crippen molar-refractivity contribution in [1.29, 1.82) is 0 Å². The van der Waals surface area contributed by atoms with E-state index in [0.717, 1.165) is 26.5 Å². The van der Waals surface area contributed by atoms with E-state index in [4.69, 9.17) is 5.73 Å². The summed E-state index contributed by atoms with van der Waals surface area (Å²) in [7, 11) is 0. The maximum absolute atomic E-state index is 5.70. The third-order valence-corrected chi connectivity index (χ3v) is 3.92. The molecule has 0 radical (unpaired) electrons. The van der Waals surface area contributed by atoms with E-state index >= 15 is 0 Å². The van der Waals surface area contributed by atoms with Gasteiger partial charge in [0.05, 0.1) is 11.6 Å². The number of halogens is 1. The quantitative estimate of drug-likeness (QED) is 0.663. The average molecular weight is 345 g/mol. The summed E-state index contributed by atoms with van der Waals surface area (Å²) in [4.78, 5) is 5.46. The summed E-state index contributed by atoms with van der Waals surface area (Å²) in [6.07, 6.45) is 1.91. The van der Waals surface area contributed by atoms with Gasteiger partial charge in [-0.25, -0.2) is 4.98 Å². The molecule has 16 heavy (non-hydrogen) atoms. The zero-order valence-electron chi connectivity index (χ0n) is 8.83. The number of hydrogen-bond acceptors (Lipinski definition) is 4. The summed E-state index contributed by atoms with van der Waals surface area (Å²) in [5, 5.41) is 4.48. The second kappa shape index (κ2) is 5.01. The number of benzene rings is 1. The topological polar surface area (TPSA) is 50.9 Å². The minimum atomic E-state index is 0.795. The van der Waals surface area contributed by atoms with Crippen LogP contribution in [0, 0.1) is 10.5 Å². The van der Waals surface area contributed by atoms with E-state index < -0.39 is 0 Å². The first-order chi connectivity index (χ1) is 7.65. The Balaban J connectivity index is 2.04. The van der Waals surface area contributed by atoms with Crippen molar-refractivity contribution in [2.45, 2.75) is 13.5 Å². The number of nitrogens with zero attached hydrogens (tertiary/aromatic N) is 1. The van der Waals surface area contributed by atoms with Crippen LogP contribution in [0.2, 0.25) is 0 Å². The van der Waals surface area contributed by atoms with Crippen molar-refractivity contribution in [3.63, 3.8) is 0 Å². The fourth-order valence-corrected chi connectivity index (χ4v) is 2.81. The molecule has 3 N–H and O–H groups in total. The molecule has 0 saturated heterocycles. The molecule has 0 saturated carbocycles. The third-order valence-electron chi connectivity index (χ3n) is 2.12. The largest absolute Gasteiger partial charge is 0.399 e. The molecule has 2 aromatic rings. The molecule has 0 bridgehead atoms. The number of nitrogens with two attached hydrogens (primary N) is 1. The molecular formula is C11H12IN3S. The molecule has 0 amide bonds. The number of nitrogen functional groups attached to an aromatic ring is 1. The number of rotatable bonds is 3. The third kappa shape index (κ3) is 2.85. The molecule has 0 spiro atoms. The molecule has 1 aromatic heterocycles. The van der Waals surface area contributed by atoms with Crippen molar-refractivity contribution in [2.75, 3.05) is 11.1 Å². The van der Waals surface area contributed by atoms with Gasteiger partial charge in [-0.1, -0.05) is 0 Å². The van der Waals surface area contributed by atoms with Crippen LogP contribution >= 0.6 is 33.9 Å². The van der Waals surface area contributed by atoms with Crippen molar-refractivity contribution < 1.29 is 0 Å². The van der Waals surface area contributed by atoms with Crippen LogP contribution in [-0.2, 0) is 6.54 Å². The summed E-state index contributed by atoms with van der Waals surface area (Å²) >= 11 is 3.99. The van der Waals surface area contributed by atoms with Crippen LogP contribution in [0.5, 0.6) is 0 Å². The summed E-state index contributed by atoms with van der Waals surface area (Å²) in [5.74, 6) is 0. The second-order valence-electron chi connectivity index (χ2n) is 3.44. The van der Waals surface area contributed by atoms with E-state index in [2.05, 4.69) is 32.9 Å². The lowest BCUT2D eigenvalue weighted by molar-refractivity contribution is 1.16. The molecule has 1 heterocycles. The zero-order valence-corrected chi connectivity index (χ0v) is 11.8. The van der Waals surface area contributed by atoms with Crippen LogP contribution in [0.3, 0.4) is 0 Å². The first-order valence-corrected chi connectivity index (χ1v) is 6.75. The molecule has 3 nitrogen and oxygen atoms in total. The predicted octanol–water partition coefficient (Wildman–Crippen LogP) is 3.25. The first-order valence-electron chi connectivity index (χ1n) is 4.85. The van der Waals surface area contributed by atoms with E-state index in [1.165, 1.54) is 4.88 Å². The monoisotopic (exact) mass is 345 g/mol. The normalized spacial score (nSPS) is 10.4. The molecule has 2 rings (SSSR count). The highest BCUT2D eigenvalue weighted by Gasteiger charge is 2.01. The van der Waals surface area contributed by atoms with Gasteiger partial charge >= 0.3 is 0 Å². The smallest absolute Gasteiger partial charge is 0.0897 e. The molecule has 0 aliphatic carbocycles. The predicted molar refractivity (Wildman–Crippen MR) is 77.7 cm³/mol. The Bertz CT molecular complexity index is 496. The first kappa shape index (κ1) is 11.7. The summed E-state index contributed by atoms with van der Waals surface area (Å²) in [6.45, 7) is 2.83. The Hall–Kier alpha value is -0.820. The Morgan fingerprint density at radius 3 is 2.94 bits per heavy atom. The summed E-state index contributed by atoms with van der Waals surface area (Å²) in [5.41, 5.74) is 7.60. The van der Waals surface area contributed by atoms with Gasteiger partial charge in [0.2, 0.25) is 0 Å².